The summed E-state index contributed by atoms with van der Waals surface area (Å²) in [6, 6.07) is 11.2. The number of benzene rings is 2. The van der Waals surface area contributed by atoms with Gasteiger partial charge in [0.15, 0.2) is 10.6 Å². The zero-order valence-electron chi connectivity index (χ0n) is 16.6. The Balaban J connectivity index is 1.76. The molecule has 1 amide bonds. The Bertz CT molecular complexity index is 1390. The van der Waals surface area contributed by atoms with Gasteiger partial charge in [0.1, 0.15) is 5.58 Å². The van der Waals surface area contributed by atoms with Crippen molar-refractivity contribution in [2.24, 2.45) is 0 Å². The molecule has 2 aromatic heterocycles. The molecule has 8 heteroatoms. The van der Waals surface area contributed by atoms with Crippen LogP contribution < -0.4 is 10.3 Å². The molecule has 31 heavy (non-hydrogen) atoms. The first-order valence-electron chi connectivity index (χ1n) is 9.48. The number of amides is 1. The fourth-order valence-electron chi connectivity index (χ4n) is 3.85. The van der Waals surface area contributed by atoms with Gasteiger partial charge in [-0.2, -0.15) is 0 Å². The van der Waals surface area contributed by atoms with E-state index >= 15 is 0 Å². The van der Waals surface area contributed by atoms with E-state index in [1.165, 1.54) is 23.3 Å². The molecule has 1 aliphatic rings. The third-order valence-electron chi connectivity index (χ3n) is 5.30. The van der Waals surface area contributed by atoms with Gasteiger partial charge in [0.2, 0.25) is 5.76 Å². The van der Waals surface area contributed by atoms with Gasteiger partial charge in [-0.15, -0.1) is 11.3 Å². The van der Waals surface area contributed by atoms with Crippen LogP contribution in [0.3, 0.4) is 0 Å². The van der Waals surface area contributed by atoms with Crippen LogP contribution in [0.4, 0.5) is 5.13 Å². The lowest BCUT2D eigenvalue weighted by atomic mass is 9.97. The Kier molecular flexibility index (Phi) is 4.44. The predicted molar refractivity (Wildman–Crippen MR) is 116 cm³/mol. The molecule has 0 aliphatic carbocycles. The van der Waals surface area contributed by atoms with Gasteiger partial charge in [-0.1, -0.05) is 23.8 Å². The fourth-order valence-corrected chi connectivity index (χ4v) is 4.52. The number of nitrogens with zero attached hydrogens (tertiary/aromatic N) is 2. The van der Waals surface area contributed by atoms with Gasteiger partial charge in [-0.25, -0.2) is 9.78 Å². The largest absolute Gasteiger partial charge is 0.465 e. The SMILES string of the molecule is COC(=O)c1ccc(C2c3c(oc4ccc(C)cc4c3=O)C(=O)N2c2nccs2)cc1. The summed E-state index contributed by atoms with van der Waals surface area (Å²) in [6.45, 7) is 1.89. The summed E-state index contributed by atoms with van der Waals surface area (Å²) in [5.41, 5.74) is 2.33. The van der Waals surface area contributed by atoms with Crippen molar-refractivity contribution < 1.29 is 18.7 Å². The van der Waals surface area contributed by atoms with E-state index in [1.54, 1.807) is 48.0 Å². The lowest BCUT2D eigenvalue weighted by molar-refractivity contribution is 0.0600. The highest BCUT2D eigenvalue weighted by Gasteiger charge is 2.44. The molecule has 1 unspecified atom stereocenters. The number of rotatable bonds is 3. The number of hydrogen-bond donors (Lipinski definition) is 0. The van der Waals surface area contributed by atoms with Gasteiger partial charge >= 0.3 is 5.97 Å². The van der Waals surface area contributed by atoms with Crippen molar-refractivity contribution in [3.63, 3.8) is 0 Å². The maximum Gasteiger partial charge on any atom is 0.337 e. The van der Waals surface area contributed by atoms with Crippen molar-refractivity contribution in [1.82, 2.24) is 4.98 Å². The Hall–Kier alpha value is -3.78. The number of thiazole rings is 1. The van der Waals surface area contributed by atoms with Gasteiger partial charge in [-0.05, 0) is 36.8 Å². The molecule has 5 rings (SSSR count). The van der Waals surface area contributed by atoms with Gasteiger partial charge in [0.05, 0.1) is 29.7 Å². The second kappa shape index (κ2) is 7.17. The zero-order chi connectivity index (χ0) is 21.7. The summed E-state index contributed by atoms with van der Waals surface area (Å²) in [6.07, 6.45) is 1.60. The van der Waals surface area contributed by atoms with E-state index in [2.05, 4.69) is 4.98 Å². The van der Waals surface area contributed by atoms with Crippen LogP contribution in [0.25, 0.3) is 11.0 Å². The highest BCUT2D eigenvalue weighted by atomic mass is 32.1. The first-order valence-corrected chi connectivity index (χ1v) is 10.4. The molecular weight excluding hydrogens is 416 g/mol. The first kappa shape index (κ1) is 19.2. The highest BCUT2D eigenvalue weighted by Crippen LogP contribution is 2.41. The third-order valence-corrected chi connectivity index (χ3v) is 6.07. The summed E-state index contributed by atoms with van der Waals surface area (Å²) in [5, 5.41) is 2.64. The zero-order valence-corrected chi connectivity index (χ0v) is 17.4. The molecule has 7 nitrogen and oxygen atoms in total. The van der Waals surface area contributed by atoms with Crippen LogP contribution in [0, 0.1) is 6.92 Å². The van der Waals surface area contributed by atoms with E-state index in [1.807, 2.05) is 13.0 Å². The van der Waals surface area contributed by atoms with Crippen LogP contribution >= 0.6 is 11.3 Å². The average molecular weight is 432 g/mol. The molecule has 0 fully saturated rings. The van der Waals surface area contributed by atoms with Gasteiger partial charge in [0, 0.05) is 11.6 Å². The van der Waals surface area contributed by atoms with Gasteiger partial charge < -0.3 is 9.15 Å². The average Bonchev–Trinajstić information content (AvgIpc) is 3.40. The van der Waals surface area contributed by atoms with Crippen LogP contribution in [-0.4, -0.2) is 24.0 Å². The number of aromatic nitrogens is 1. The minimum atomic E-state index is -0.721. The fraction of sp³-hybridized carbons (Fsp3) is 0.130. The lowest BCUT2D eigenvalue weighted by Crippen LogP contribution is -2.29. The van der Waals surface area contributed by atoms with Crippen molar-refractivity contribution in [3.8, 4) is 0 Å². The minimum Gasteiger partial charge on any atom is -0.465 e. The van der Waals surface area contributed by atoms with Crippen molar-refractivity contribution in [1.29, 1.82) is 0 Å². The maximum atomic E-state index is 13.5. The monoisotopic (exact) mass is 432 g/mol. The van der Waals surface area contributed by atoms with E-state index in [0.717, 1.165) is 5.56 Å². The molecule has 1 atom stereocenters. The Morgan fingerprint density at radius 1 is 1.16 bits per heavy atom. The Morgan fingerprint density at radius 2 is 1.94 bits per heavy atom. The number of methoxy groups -OCH3 is 1. The Morgan fingerprint density at radius 3 is 2.61 bits per heavy atom. The van der Waals surface area contributed by atoms with Crippen LogP contribution in [-0.2, 0) is 4.74 Å². The van der Waals surface area contributed by atoms with E-state index in [9.17, 15) is 14.4 Å². The van der Waals surface area contributed by atoms with Crippen molar-refractivity contribution >= 4 is 39.3 Å². The number of carbonyl (C=O) groups excluding carboxylic acids is 2. The van der Waals surface area contributed by atoms with E-state index in [-0.39, 0.29) is 16.8 Å². The van der Waals surface area contributed by atoms with E-state index in [4.69, 9.17) is 9.15 Å². The second-order valence-corrected chi connectivity index (χ2v) is 8.05. The molecule has 2 aromatic carbocycles. The Labute approximate surface area is 180 Å². The highest BCUT2D eigenvalue weighted by molar-refractivity contribution is 7.13. The van der Waals surface area contributed by atoms with Crippen molar-refractivity contribution in [2.45, 2.75) is 13.0 Å². The summed E-state index contributed by atoms with van der Waals surface area (Å²) < 4.78 is 10.7. The maximum absolute atomic E-state index is 13.5. The van der Waals surface area contributed by atoms with Gasteiger partial charge in [-0.3, -0.25) is 14.5 Å². The second-order valence-electron chi connectivity index (χ2n) is 7.18. The molecule has 0 bridgehead atoms. The number of hydrogen-bond acceptors (Lipinski definition) is 7. The molecule has 154 valence electrons. The first-order chi connectivity index (χ1) is 15.0. The number of aryl methyl sites for hydroxylation is 1. The number of fused-ring (bicyclic) bond motifs is 2. The van der Waals surface area contributed by atoms with Crippen LogP contribution in [0.15, 0.2) is 63.3 Å². The van der Waals surface area contributed by atoms with E-state index in [0.29, 0.717) is 27.2 Å². The van der Waals surface area contributed by atoms with Crippen LogP contribution in [0.1, 0.15) is 43.6 Å². The minimum absolute atomic E-state index is 0.0126. The number of anilines is 1. The number of carbonyl (C=O) groups is 2. The number of esters is 1. The molecule has 3 heterocycles. The molecule has 0 N–H and O–H groups in total. The number of ether oxygens (including phenoxy) is 1. The topological polar surface area (TPSA) is 89.7 Å². The standard InChI is InChI=1S/C23H16N2O5S/c1-12-3-8-16-15(11-12)19(26)17-18(13-4-6-14(7-5-13)22(28)29-2)25(21(27)20(17)30-16)23-24-9-10-31-23/h3-11,18H,1-2H3. The molecule has 4 aromatic rings. The molecule has 0 saturated carbocycles. The summed E-state index contributed by atoms with van der Waals surface area (Å²) >= 11 is 1.29. The molecule has 0 saturated heterocycles. The normalized spacial score (nSPS) is 15.4. The quantitative estimate of drug-likeness (QED) is 0.453. The summed E-state index contributed by atoms with van der Waals surface area (Å²) in [7, 11) is 1.31. The van der Waals surface area contributed by atoms with Crippen LogP contribution in [0.2, 0.25) is 0 Å². The van der Waals surface area contributed by atoms with E-state index < -0.39 is 17.9 Å². The molecule has 0 radical (unpaired) electrons. The van der Waals surface area contributed by atoms with Gasteiger partial charge in [0.25, 0.3) is 5.91 Å². The third kappa shape index (κ3) is 2.95. The predicted octanol–water partition coefficient (Wildman–Crippen LogP) is 4.09. The molecule has 0 spiro atoms. The molecular formula is C23H16N2O5S. The smallest absolute Gasteiger partial charge is 0.337 e. The van der Waals surface area contributed by atoms with Crippen LogP contribution in [0.5, 0.6) is 0 Å². The van der Waals surface area contributed by atoms with Crippen molar-refractivity contribution in [3.05, 3.63) is 92.3 Å². The summed E-state index contributed by atoms with van der Waals surface area (Å²) in [4.78, 5) is 44.4. The molecule has 1 aliphatic heterocycles. The summed E-state index contributed by atoms with van der Waals surface area (Å²) in [5.74, 6) is -0.877. The van der Waals surface area contributed by atoms with Crippen molar-refractivity contribution in [2.75, 3.05) is 12.0 Å². The lowest BCUT2D eigenvalue weighted by Gasteiger charge is -2.22.